The van der Waals surface area contributed by atoms with Gasteiger partial charge in [0.05, 0.1) is 35.4 Å². The maximum Gasteiger partial charge on any atom is 0.258 e. The van der Waals surface area contributed by atoms with Crippen LogP contribution >= 0.6 is 0 Å². The highest BCUT2D eigenvalue weighted by Crippen LogP contribution is 2.35. The van der Waals surface area contributed by atoms with Crippen molar-refractivity contribution < 1.29 is 4.74 Å². The van der Waals surface area contributed by atoms with Crippen molar-refractivity contribution in [3.8, 4) is 23.2 Å². The van der Waals surface area contributed by atoms with Gasteiger partial charge in [0.25, 0.3) is 5.88 Å². The molecule has 2 N–H and O–H groups in total. The van der Waals surface area contributed by atoms with Crippen LogP contribution in [0.4, 0.5) is 11.5 Å². The zero-order valence-electron chi connectivity index (χ0n) is 17.7. The molecule has 0 spiro atoms. The number of nitrogens with two attached hydrogens (primary N) is 1. The van der Waals surface area contributed by atoms with Crippen LogP contribution < -0.4 is 15.5 Å². The van der Waals surface area contributed by atoms with E-state index in [0.29, 0.717) is 23.5 Å². The van der Waals surface area contributed by atoms with Crippen molar-refractivity contribution in [2.45, 2.75) is 26.5 Å². The van der Waals surface area contributed by atoms with Gasteiger partial charge in [-0.05, 0) is 19.9 Å². The van der Waals surface area contributed by atoms with E-state index in [1.807, 2.05) is 33.0 Å². The predicted molar refractivity (Wildman–Crippen MR) is 113 cm³/mol. The second kappa shape index (κ2) is 7.31. The smallest absolute Gasteiger partial charge is 0.258 e. The maximum absolute atomic E-state index is 9.71. The lowest BCUT2D eigenvalue weighted by molar-refractivity contribution is 0.216. The van der Waals surface area contributed by atoms with Gasteiger partial charge in [0.2, 0.25) is 0 Å². The highest BCUT2D eigenvalue weighted by atomic mass is 16.5. The average molecular weight is 404 g/mol. The SMILES string of the molecule is Cc1ccc2c(c1)C(C)Oc1nc(cnc1N)-c1c(nn(C)c1C#N)CN(C)N2C. The predicted octanol–water partition coefficient (Wildman–Crippen LogP) is 2.58. The van der Waals surface area contributed by atoms with Crippen molar-refractivity contribution in [1.82, 2.24) is 24.8 Å². The molecule has 4 rings (SSSR count). The van der Waals surface area contributed by atoms with Gasteiger partial charge in [-0.2, -0.15) is 10.4 Å². The van der Waals surface area contributed by atoms with Crippen molar-refractivity contribution in [2.75, 3.05) is 24.8 Å². The van der Waals surface area contributed by atoms with E-state index in [0.717, 1.165) is 22.5 Å². The molecule has 9 heteroatoms. The molecule has 0 fully saturated rings. The van der Waals surface area contributed by atoms with Gasteiger partial charge in [0.15, 0.2) is 5.82 Å². The summed E-state index contributed by atoms with van der Waals surface area (Å²) in [7, 11) is 5.72. The van der Waals surface area contributed by atoms with Crippen LogP contribution in [-0.4, -0.2) is 38.9 Å². The Hall–Kier alpha value is -3.64. The summed E-state index contributed by atoms with van der Waals surface area (Å²) in [5, 5.41) is 18.4. The molecule has 0 saturated heterocycles. The van der Waals surface area contributed by atoms with E-state index in [9.17, 15) is 5.26 Å². The third kappa shape index (κ3) is 3.21. The molecule has 154 valence electrons. The first kappa shape index (κ1) is 19.7. The quantitative estimate of drug-likeness (QED) is 0.609. The number of nitriles is 1. The largest absolute Gasteiger partial charge is 0.467 e. The Balaban J connectivity index is 1.97. The molecule has 1 aromatic carbocycles. The van der Waals surface area contributed by atoms with Crippen LogP contribution in [-0.2, 0) is 13.6 Å². The minimum atomic E-state index is -0.314. The number of hydrazine groups is 1. The molecule has 9 nitrogen and oxygen atoms in total. The van der Waals surface area contributed by atoms with Crippen LogP contribution in [0.2, 0.25) is 0 Å². The minimum Gasteiger partial charge on any atom is -0.467 e. The summed E-state index contributed by atoms with van der Waals surface area (Å²) in [4.78, 5) is 8.89. The Morgan fingerprint density at radius 1 is 1.27 bits per heavy atom. The number of nitrogen functional groups attached to an aromatic ring is 1. The van der Waals surface area contributed by atoms with Crippen molar-refractivity contribution in [3.63, 3.8) is 0 Å². The average Bonchev–Trinajstić information content (AvgIpc) is 3.03. The Morgan fingerprint density at radius 3 is 2.77 bits per heavy atom. The molecule has 2 bridgehead atoms. The normalized spacial score (nSPS) is 16.5. The molecule has 1 aliphatic heterocycles. The first-order valence-electron chi connectivity index (χ1n) is 9.61. The summed E-state index contributed by atoms with van der Waals surface area (Å²) < 4.78 is 7.73. The molecular weight excluding hydrogens is 380 g/mol. The summed E-state index contributed by atoms with van der Waals surface area (Å²) >= 11 is 0. The van der Waals surface area contributed by atoms with E-state index < -0.39 is 0 Å². The van der Waals surface area contributed by atoms with Gasteiger partial charge in [-0.25, -0.2) is 15.0 Å². The molecule has 0 aliphatic carbocycles. The molecule has 1 unspecified atom stereocenters. The van der Waals surface area contributed by atoms with E-state index in [4.69, 9.17) is 10.5 Å². The second-order valence-corrected chi connectivity index (χ2v) is 7.51. The fourth-order valence-corrected chi connectivity index (χ4v) is 3.71. The highest BCUT2D eigenvalue weighted by Gasteiger charge is 2.26. The van der Waals surface area contributed by atoms with E-state index in [-0.39, 0.29) is 17.8 Å². The fraction of sp³-hybridized carbons (Fsp3) is 0.333. The van der Waals surface area contributed by atoms with Crippen LogP contribution in [0.15, 0.2) is 24.4 Å². The first-order chi connectivity index (χ1) is 14.3. The maximum atomic E-state index is 9.71. The number of anilines is 2. The zero-order chi connectivity index (χ0) is 21.6. The fourth-order valence-electron chi connectivity index (χ4n) is 3.71. The molecule has 1 aliphatic rings. The monoisotopic (exact) mass is 404 g/mol. The van der Waals surface area contributed by atoms with Gasteiger partial charge in [-0.15, -0.1) is 0 Å². The molecule has 30 heavy (non-hydrogen) atoms. The van der Waals surface area contributed by atoms with E-state index in [2.05, 4.69) is 44.3 Å². The molecule has 0 amide bonds. The topological polar surface area (TPSA) is 109 Å². The number of aryl methyl sites for hydroxylation is 2. The molecule has 0 saturated carbocycles. The number of aromatic nitrogens is 4. The second-order valence-electron chi connectivity index (χ2n) is 7.51. The van der Waals surface area contributed by atoms with E-state index in [1.165, 1.54) is 0 Å². The standard InChI is InChI=1S/C21H24N8O/c1-12-6-7-17-14(8-12)13(2)30-21-20(23)24-10-15(25-21)19-16(11-27(3)29(17)5)26-28(4)18(19)9-22/h6-8,10,13H,11H2,1-5H3,(H2,23,24). The summed E-state index contributed by atoms with van der Waals surface area (Å²) in [6, 6.07) is 8.46. The molecule has 0 radical (unpaired) electrons. The van der Waals surface area contributed by atoms with Crippen molar-refractivity contribution >= 4 is 11.5 Å². The van der Waals surface area contributed by atoms with E-state index in [1.54, 1.807) is 17.9 Å². The van der Waals surface area contributed by atoms with Crippen molar-refractivity contribution in [2.24, 2.45) is 7.05 Å². The van der Waals surface area contributed by atoms with Gasteiger partial charge in [0, 0.05) is 26.7 Å². The Morgan fingerprint density at radius 2 is 2.03 bits per heavy atom. The Labute approximate surface area is 175 Å². The minimum absolute atomic E-state index is 0.200. The third-order valence-corrected chi connectivity index (χ3v) is 5.40. The highest BCUT2D eigenvalue weighted by molar-refractivity contribution is 5.69. The number of hydrogen-bond acceptors (Lipinski definition) is 8. The number of nitrogens with zero attached hydrogens (tertiary/aromatic N) is 7. The van der Waals surface area contributed by atoms with Crippen LogP contribution in [0.3, 0.4) is 0 Å². The van der Waals surface area contributed by atoms with Crippen LogP contribution in [0.25, 0.3) is 11.3 Å². The summed E-state index contributed by atoms with van der Waals surface area (Å²) in [5.74, 6) is 0.439. The molecule has 1 atom stereocenters. The number of hydrogen-bond donors (Lipinski definition) is 1. The summed E-state index contributed by atoms with van der Waals surface area (Å²) in [6.45, 7) is 4.48. The molecule has 3 heterocycles. The number of benzene rings is 1. The lowest BCUT2D eigenvalue weighted by Gasteiger charge is -2.33. The van der Waals surface area contributed by atoms with Crippen molar-refractivity contribution in [3.05, 3.63) is 46.9 Å². The summed E-state index contributed by atoms with van der Waals surface area (Å²) in [6.07, 6.45) is 1.24. The lowest BCUT2D eigenvalue weighted by Crippen LogP contribution is -2.37. The number of rotatable bonds is 0. The van der Waals surface area contributed by atoms with Gasteiger partial charge >= 0.3 is 0 Å². The Bertz CT molecular complexity index is 1160. The molecule has 2 aromatic heterocycles. The summed E-state index contributed by atoms with van der Waals surface area (Å²) in [5.41, 5.74) is 11.5. The number of ether oxygens (including phenoxy) is 1. The van der Waals surface area contributed by atoms with Crippen LogP contribution in [0.5, 0.6) is 5.88 Å². The van der Waals surface area contributed by atoms with Gasteiger partial charge < -0.3 is 15.5 Å². The number of fused-ring (bicyclic) bond motifs is 5. The first-order valence-corrected chi connectivity index (χ1v) is 9.61. The lowest BCUT2D eigenvalue weighted by atomic mass is 10.0. The van der Waals surface area contributed by atoms with Gasteiger partial charge in [-0.1, -0.05) is 17.7 Å². The van der Waals surface area contributed by atoms with Gasteiger partial charge in [0.1, 0.15) is 17.9 Å². The van der Waals surface area contributed by atoms with Gasteiger partial charge in [-0.3, -0.25) is 4.68 Å². The third-order valence-electron chi connectivity index (χ3n) is 5.40. The molecule has 3 aromatic rings. The molecular formula is C21H24N8O. The van der Waals surface area contributed by atoms with Crippen LogP contribution in [0, 0.1) is 18.3 Å². The van der Waals surface area contributed by atoms with Crippen LogP contribution in [0.1, 0.15) is 35.5 Å². The zero-order valence-corrected chi connectivity index (χ0v) is 17.7. The Kier molecular flexibility index (Phi) is 4.79. The van der Waals surface area contributed by atoms with Crippen molar-refractivity contribution in [1.29, 1.82) is 5.26 Å². The van der Waals surface area contributed by atoms with E-state index >= 15 is 0 Å².